The van der Waals surface area contributed by atoms with Crippen molar-refractivity contribution in [1.82, 2.24) is 14.4 Å². The minimum atomic E-state index is -3.69. The monoisotopic (exact) mass is 411 g/mol. The number of benzene rings is 1. The average molecular weight is 411 g/mol. The van der Waals surface area contributed by atoms with Crippen molar-refractivity contribution in [3.8, 4) is 5.75 Å². The van der Waals surface area contributed by atoms with Crippen LogP contribution in [0.2, 0.25) is 0 Å². The van der Waals surface area contributed by atoms with Crippen molar-refractivity contribution in [2.45, 2.75) is 36.8 Å². The predicted octanol–water partition coefficient (Wildman–Crippen LogP) is 2.16. The maximum Gasteiger partial charge on any atom is 0.252 e. The van der Waals surface area contributed by atoms with Crippen molar-refractivity contribution in [2.75, 3.05) is 34.0 Å². The molecule has 28 heavy (non-hydrogen) atoms. The van der Waals surface area contributed by atoms with Gasteiger partial charge < -0.3 is 18.7 Å². The van der Waals surface area contributed by atoms with E-state index in [0.29, 0.717) is 43.6 Å². The van der Waals surface area contributed by atoms with Crippen LogP contribution < -0.4 is 4.74 Å². The molecule has 1 aromatic heterocycles. The molecule has 0 spiro atoms. The number of hydrogen-bond donors (Lipinski definition) is 0. The molecule has 3 rings (SSSR count). The lowest BCUT2D eigenvalue weighted by atomic mass is 10.0. The molecule has 154 valence electrons. The van der Waals surface area contributed by atoms with Gasteiger partial charge in [0.2, 0.25) is 10.0 Å². The van der Waals surface area contributed by atoms with Gasteiger partial charge in [-0.2, -0.15) is 9.29 Å². The molecule has 2 heterocycles. The molecule has 0 saturated carbocycles. The number of sulfonamides is 1. The fraction of sp³-hybridized carbons (Fsp3) is 0.556. The van der Waals surface area contributed by atoms with Crippen LogP contribution in [-0.4, -0.2) is 56.8 Å². The van der Waals surface area contributed by atoms with Crippen molar-refractivity contribution < 1.29 is 27.2 Å². The van der Waals surface area contributed by atoms with Gasteiger partial charge in [-0.05, 0) is 37.1 Å². The highest BCUT2D eigenvalue weighted by molar-refractivity contribution is 7.89. The summed E-state index contributed by atoms with van der Waals surface area (Å²) in [7, 11) is -0.560. The third-order valence-corrected chi connectivity index (χ3v) is 6.48. The molecular weight excluding hydrogens is 386 g/mol. The molecule has 1 fully saturated rings. The van der Waals surface area contributed by atoms with E-state index in [0.717, 1.165) is 12.8 Å². The van der Waals surface area contributed by atoms with E-state index in [9.17, 15) is 8.42 Å². The Kier molecular flexibility index (Phi) is 7.00. The van der Waals surface area contributed by atoms with Crippen LogP contribution in [-0.2, 0) is 26.1 Å². The summed E-state index contributed by atoms with van der Waals surface area (Å²) in [6.07, 6.45) is 2.32. The summed E-state index contributed by atoms with van der Waals surface area (Å²) in [5.41, 5.74) is 0. The molecule has 0 bridgehead atoms. The van der Waals surface area contributed by atoms with Gasteiger partial charge in [0, 0.05) is 13.7 Å². The summed E-state index contributed by atoms with van der Waals surface area (Å²) < 4.78 is 48.5. The van der Waals surface area contributed by atoms with E-state index in [2.05, 4.69) is 10.1 Å². The van der Waals surface area contributed by atoms with E-state index >= 15 is 0 Å². The summed E-state index contributed by atoms with van der Waals surface area (Å²) in [4.78, 5) is 4.56. The second-order valence-electron chi connectivity index (χ2n) is 6.39. The van der Waals surface area contributed by atoms with Gasteiger partial charge in [-0.15, -0.1) is 0 Å². The maximum atomic E-state index is 13.2. The Morgan fingerprint density at radius 1 is 1.18 bits per heavy atom. The Labute approximate surface area is 164 Å². The van der Waals surface area contributed by atoms with E-state index in [-0.39, 0.29) is 11.5 Å². The van der Waals surface area contributed by atoms with Crippen LogP contribution in [0, 0.1) is 0 Å². The van der Waals surface area contributed by atoms with Crippen molar-refractivity contribution in [3.05, 3.63) is 36.0 Å². The van der Waals surface area contributed by atoms with Crippen LogP contribution in [0.4, 0.5) is 0 Å². The first-order chi connectivity index (χ1) is 13.6. The van der Waals surface area contributed by atoms with Crippen LogP contribution in [0.1, 0.15) is 37.0 Å². The van der Waals surface area contributed by atoms with Crippen LogP contribution in [0.15, 0.2) is 33.7 Å². The average Bonchev–Trinajstić information content (AvgIpc) is 3.20. The highest BCUT2D eigenvalue weighted by Gasteiger charge is 2.37. The number of aromatic nitrogens is 2. The Morgan fingerprint density at radius 2 is 1.96 bits per heavy atom. The molecule has 0 radical (unpaired) electrons. The standard InChI is InChI=1S/C18H25N3O6S/c1-24-11-12-26-13-17-19-18(20-27-17)16-5-3-4-10-21(16)28(22,23)15-8-6-14(25-2)7-9-15/h6-9,16H,3-5,10-13H2,1-2H3. The van der Waals surface area contributed by atoms with Gasteiger partial charge >= 0.3 is 0 Å². The minimum Gasteiger partial charge on any atom is -0.497 e. The molecule has 1 aliphatic heterocycles. The molecule has 1 aliphatic rings. The maximum absolute atomic E-state index is 13.2. The van der Waals surface area contributed by atoms with E-state index in [1.165, 1.54) is 11.4 Å². The van der Waals surface area contributed by atoms with Crippen LogP contribution in [0.3, 0.4) is 0 Å². The van der Waals surface area contributed by atoms with Crippen LogP contribution in [0.25, 0.3) is 0 Å². The Hall–Kier alpha value is -2.01. The molecule has 0 N–H and O–H groups in total. The van der Waals surface area contributed by atoms with E-state index in [1.807, 2.05) is 0 Å². The van der Waals surface area contributed by atoms with Gasteiger partial charge in [0.15, 0.2) is 5.82 Å². The molecular formula is C18H25N3O6S. The largest absolute Gasteiger partial charge is 0.497 e. The lowest BCUT2D eigenvalue weighted by Gasteiger charge is -2.32. The fourth-order valence-electron chi connectivity index (χ4n) is 3.10. The quantitative estimate of drug-likeness (QED) is 0.578. The molecule has 10 heteroatoms. The first-order valence-corrected chi connectivity index (χ1v) is 10.6. The number of ether oxygens (including phenoxy) is 3. The number of piperidine rings is 1. The predicted molar refractivity (Wildman–Crippen MR) is 99.3 cm³/mol. The molecule has 1 saturated heterocycles. The highest BCUT2D eigenvalue weighted by atomic mass is 32.2. The normalized spacial score (nSPS) is 18.3. The minimum absolute atomic E-state index is 0.161. The molecule has 9 nitrogen and oxygen atoms in total. The highest BCUT2D eigenvalue weighted by Crippen LogP contribution is 2.34. The third-order valence-electron chi connectivity index (χ3n) is 4.56. The number of hydrogen-bond acceptors (Lipinski definition) is 8. The van der Waals surface area contributed by atoms with E-state index < -0.39 is 16.1 Å². The second kappa shape index (κ2) is 9.46. The third kappa shape index (κ3) is 4.69. The van der Waals surface area contributed by atoms with Crippen molar-refractivity contribution in [1.29, 1.82) is 0 Å². The molecule has 1 unspecified atom stereocenters. The van der Waals surface area contributed by atoms with Crippen molar-refractivity contribution in [2.24, 2.45) is 0 Å². The summed E-state index contributed by atoms with van der Waals surface area (Å²) in [6, 6.07) is 5.90. The topological polar surface area (TPSA) is 104 Å². The zero-order valence-electron chi connectivity index (χ0n) is 16.0. The summed E-state index contributed by atoms with van der Waals surface area (Å²) in [6.45, 7) is 1.45. The van der Waals surface area contributed by atoms with Gasteiger partial charge in [0.05, 0.1) is 31.3 Å². The van der Waals surface area contributed by atoms with Crippen LogP contribution in [0.5, 0.6) is 5.75 Å². The van der Waals surface area contributed by atoms with Gasteiger partial charge in [0.25, 0.3) is 5.89 Å². The zero-order chi connectivity index (χ0) is 20.0. The lowest BCUT2D eigenvalue weighted by Crippen LogP contribution is -2.39. The number of rotatable bonds is 9. The molecule has 1 aromatic carbocycles. The molecule has 0 amide bonds. The number of methoxy groups -OCH3 is 2. The molecule has 2 aromatic rings. The van der Waals surface area contributed by atoms with Crippen molar-refractivity contribution >= 4 is 10.0 Å². The Morgan fingerprint density at radius 3 is 2.68 bits per heavy atom. The molecule has 0 aliphatic carbocycles. The van der Waals surface area contributed by atoms with E-state index in [4.69, 9.17) is 18.7 Å². The Bertz CT molecular complexity index is 852. The molecule has 1 atom stereocenters. The fourth-order valence-corrected chi connectivity index (χ4v) is 4.75. The smallest absolute Gasteiger partial charge is 0.252 e. The Balaban J connectivity index is 1.77. The lowest BCUT2D eigenvalue weighted by molar-refractivity contribution is 0.0494. The summed E-state index contributed by atoms with van der Waals surface area (Å²) >= 11 is 0. The van der Waals surface area contributed by atoms with Gasteiger partial charge in [-0.1, -0.05) is 11.6 Å². The summed E-state index contributed by atoms with van der Waals surface area (Å²) in [5.74, 6) is 1.28. The first kappa shape index (κ1) is 20.7. The van der Waals surface area contributed by atoms with Crippen molar-refractivity contribution in [3.63, 3.8) is 0 Å². The number of nitrogens with zero attached hydrogens (tertiary/aromatic N) is 3. The summed E-state index contributed by atoms with van der Waals surface area (Å²) in [5, 5.41) is 4.00. The van der Waals surface area contributed by atoms with Gasteiger partial charge in [-0.3, -0.25) is 0 Å². The van der Waals surface area contributed by atoms with Gasteiger partial charge in [-0.25, -0.2) is 8.42 Å². The first-order valence-electron chi connectivity index (χ1n) is 9.11. The van der Waals surface area contributed by atoms with Crippen LogP contribution >= 0.6 is 0 Å². The van der Waals surface area contributed by atoms with Gasteiger partial charge in [0.1, 0.15) is 12.4 Å². The van der Waals surface area contributed by atoms with E-state index in [1.54, 1.807) is 31.4 Å². The second-order valence-corrected chi connectivity index (χ2v) is 8.29. The zero-order valence-corrected chi connectivity index (χ0v) is 16.9. The SMILES string of the molecule is COCCOCc1nc(C2CCCCN2S(=O)(=O)c2ccc(OC)cc2)no1.